The first-order valence-electron chi connectivity index (χ1n) is 17.2. The Kier molecular flexibility index (Phi) is 11.7. The van der Waals surface area contributed by atoms with E-state index in [9.17, 15) is 4.79 Å². The molecule has 2 unspecified atom stereocenters. The number of hydrogen-bond donors (Lipinski definition) is 0. The number of aliphatic imine (C=N–C) groups is 1. The molecule has 1 aliphatic heterocycles. The standard InChI is InChI=1S/C39H59NO/c1-6-7-8-9-13-16-37(41)33-20-17-32(18-21-33)29-34-22-24-36(23-19-31-14-11-10-12-15-31)40-39(30(34)2)27-25-35(26-28-39)38(3,4)5/h10-12,14-15,17,20,30,34-35H,6-9,13,16,18-19,21-29H2,1-5H3. The number of rotatable bonds is 12. The zero-order chi connectivity index (χ0) is 29.3. The first kappa shape index (κ1) is 32.0. The summed E-state index contributed by atoms with van der Waals surface area (Å²) in [6, 6.07) is 11.0. The summed E-state index contributed by atoms with van der Waals surface area (Å²) in [4.78, 5) is 18.6. The third-order valence-corrected chi connectivity index (χ3v) is 11.0. The van der Waals surface area contributed by atoms with Crippen LogP contribution in [0.1, 0.15) is 143 Å². The van der Waals surface area contributed by atoms with Crippen molar-refractivity contribution in [2.75, 3.05) is 0 Å². The number of carbonyl (C=O) groups is 1. The van der Waals surface area contributed by atoms with Crippen LogP contribution in [0.15, 0.2) is 58.6 Å². The lowest BCUT2D eigenvalue weighted by Gasteiger charge is -2.46. The summed E-state index contributed by atoms with van der Waals surface area (Å²) in [5.41, 5.74) is 6.04. The van der Waals surface area contributed by atoms with Gasteiger partial charge in [-0.1, -0.05) is 108 Å². The third-order valence-electron chi connectivity index (χ3n) is 11.0. The molecule has 4 rings (SSSR count). The maximum atomic E-state index is 12.8. The Labute approximate surface area is 252 Å². The lowest BCUT2D eigenvalue weighted by molar-refractivity contribution is -0.115. The average molecular weight is 558 g/mol. The molecule has 2 aliphatic carbocycles. The molecule has 41 heavy (non-hydrogen) atoms. The normalized spacial score (nSPS) is 27.1. The van der Waals surface area contributed by atoms with Crippen LogP contribution in [-0.4, -0.2) is 17.0 Å². The third kappa shape index (κ3) is 9.01. The maximum Gasteiger partial charge on any atom is 0.158 e. The number of nitrogens with zero attached hydrogens (tertiary/aromatic N) is 1. The first-order valence-corrected chi connectivity index (χ1v) is 17.2. The van der Waals surface area contributed by atoms with E-state index in [-0.39, 0.29) is 5.54 Å². The molecule has 2 heteroatoms. The minimum absolute atomic E-state index is 0.110. The summed E-state index contributed by atoms with van der Waals surface area (Å²) in [6.07, 6.45) is 24.2. The number of ketones is 1. The molecule has 0 amide bonds. The van der Waals surface area contributed by atoms with Gasteiger partial charge in [0.15, 0.2) is 5.78 Å². The van der Waals surface area contributed by atoms with E-state index < -0.39 is 0 Å². The molecule has 1 saturated carbocycles. The Morgan fingerprint density at radius 3 is 2.29 bits per heavy atom. The summed E-state index contributed by atoms with van der Waals surface area (Å²) in [5.74, 6) is 2.48. The molecular formula is C39H59NO. The summed E-state index contributed by atoms with van der Waals surface area (Å²) >= 11 is 0. The van der Waals surface area contributed by atoms with Crippen LogP contribution in [0.25, 0.3) is 0 Å². The van der Waals surface area contributed by atoms with Crippen molar-refractivity contribution in [1.29, 1.82) is 0 Å². The zero-order valence-corrected chi connectivity index (χ0v) is 27.1. The Morgan fingerprint density at radius 2 is 1.63 bits per heavy atom. The lowest BCUT2D eigenvalue weighted by atomic mass is 9.61. The number of carbonyl (C=O) groups excluding carboxylic acids is 1. The molecule has 0 radical (unpaired) electrons. The minimum Gasteiger partial charge on any atom is -0.295 e. The highest BCUT2D eigenvalue weighted by Crippen LogP contribution is 2.50. The van der Waals surface area contributed by atoms with Gasteiger partial charge in [0.05, 0.1) is 5.54 Å². The van der Waals surface area contributed by atoms with Gasteiger partial charge in [-0.05, 0) is 111 Å². The van der Waals surface area contributed by atoms with E-state index in [4.69, 9.17) is 4.99 Å². The van der Waals surface area contributed by atoms with Crippen LogP contribution in [0.3, 0.4) is 0 Å². The van der Waals surface area contributed by atoms with E-state index in [0.29, 0.717) is 23.0 Å². The van der Waals surface area contributed by atoms with E-state index in [0.717, 1.165) is 56.4 Å². The highest BCUT2D eigenvalue weighted by molar-refractivity contribution is 5.95. The molecule has 1 fully saturated rings. The highest BCUT2D eigenvalue weighted by Gasteiger charge is 2.46. The van der Waals surface area contributed by atoms with Crippen molar-refractivity contribution in [2.24, 2.45) is 28.2 Å². The van der Waals surface area contributed by atoms with Crippen LogP contribution < -0.4 is 0 Å². The zero-order valence-electron chi connectivity index (χ0n) is 27.1. The van der Waals surface area contributed by atoms with Crippen LogP contribution in [0.2, 0.25) is 0 Å². The van der Waals surface area contributed by atoms with Gasteiger partial charge in [-0.25, -0.2) is 0 Å². The second kappa shape index (κ2) is 15.0. The first-order chi connectivity index (χ1) is 19.7. The van der Waals surface area contributed by atoms with Crippen molar-refractivity contribution in [1.82, 2.24) is 0 Å². The number of allylic oxidation sites excluding steroid dienone is 4. The van der Waals surface area contributed by atoms with Crippen LogP contribution in [-0.2, 0) is 11.2 Å². The molecule has 2 nitrogen and oxygen atoms in total. The van der Waals surface area contributed by atoms with Gasteiger partial charge in [0.1, 0.15) is 0 Å². The Hall–Kier alpha value is -1.96. The van der Waals surface area contributed by atoms with Gasteiger partial charge >= 0.3 is 0 Å². The summed E-state index contributed by atoms with van der Waals surface area (Å²) in [6.45, 7) is 12.1. The van der Waals surface area contributed by atoms with Gasteiger partial charge in [0.2, 0.25) is 0 Å². The molecule has 0 bridgehead atoms. The van der Waals surface area contributed by atoms with E-state index in [1.807, 2.05) is 0 Å². The molecule has 1 heterocycles. The van der Waals surface area contributed by atoms with Crippen molar-refractivity contribution in [3.63, 3.8) is 0 Å². The quantitative estimate of drug-likeness (QED) is 0.235. The van der Waals surface area contributed by atoms with E-state index in [2.05, 4.69) is 77.1 Å². The molecule has 0 saturated heterocycles. The van der Waals surface area contributed by atoms with Gasteiger partial charge in [0.25, 0.3) is 0 Å². The van der Waals surface area contributed by atoms with E-state index >= 15 is 0 Å². The lowest BCUT2D eigenvalue weighted by Crippen LogP contribution is -2.43. The number of hydrogen-bond acceptors (Lipinski definition) is 2. The number of unbranched alkanes of at least 4 members (excludes halogenated alkanes) is 4. The summed E-state index contributed by atoms with van der Waals surface area (Å²) in [5, 5.41) is 0. The molecule has 3 aliphatic rings. The van der Waals surface area contributed by atoms with Gasteiger partial charge in [0, 0.05) is 12.1 Å². The van der Waals surface area contributed by atoms with Crippen LogP contribution >= 0.6 is 0 Å². The van der Waals surface area contributed by atoms with Crippen molar-refractivity contribution in [3.8, 4) is 0 Å². The number of Topliss-reactive ketones (excluding diaryl/α,β-unsaturated/α-hetero) is 1. The van der Waals surface area contributed by atoms with Gasteiger partial charge in [-0.3, -0.25) is 9.79 Å². The Bertz CT molecular complexity index is 1060. The SMILES string of the molecule is CCCCCCCC(=O)C1=CC=C(CC2CCC(CCc3ccccc3)=NC3(CCC(C(C)(C)C)CC3)C2C)CC1. The fourth-order valence-electron chi connectivity index (χ4n) is 7.93. The van der Waals surface area contributed by atoms with E-state index in [1.54, 1.807) is 5.57 Å². The molecule has 1 aromatic carbocycles. The minimum atomic E-state index is 0.110. The van der Waals surface area contributed by atoms with Crippen LogP contribution in [0.5, 0.6) is 0 Å². The van der Waals surface area contributed by atoms with Crippen molar-refractivity contribution >= 4 is 11.5 Å². The highest BCUT2D eigenvalue weighted by atomic mass is 16.1. The molecule has 226 valence electrons. The second-order valence-corrected chi connectivity index (χ2v) is 14.8. The number of benzene rings is 1. The summed E-state index contributed by atoms with van der Waals surface area (Å²) < 4.78 is 0. The average Bonchev–Trinajstić information content (AvgIpc) is 3.09. The second-order valence-electron chi connectivity index (χ2n) is 14.8. The molecule has 0 N–H and O–H groups in total. The van der Waals surface area contributed by atoms with Crippen molar-refractivity contribution in [3.05, 3.63) is 59.2 Å². The topological polar surface area (TPSA) is 29.4 Å². The monoisotopic (exact) mass is 557 g/mol. The fourth-order valence-corrected chi connectivity index (χ4v) is 7.93. The maximum absolute atomic E-state index is 12.8. The smallest absolute Gasteiger partial charge is 0.158 e. The van der Waals surface area contributed by atoms with Crippen molar-refractivity contribution in [2.45, 2.75) is 149 Å². The predicted octanol–water partition coefficient (Wildman–Crippen LogP) is 11.0. The Balaban J connectivity index is 1.43. The fraction of sp³-hybridized carbons (Fsp3) is 0.692. The molecular weight excluding hydrogens is 498 g/mol. The molecule has 0 aromatic heterocycles. The van der Waals surface area contributed by atoms with Gasteiger partial charge in [-0.15, -0.1) is 0 Å². The summed E-state index contributed by atoms with van der Waals surface area (Å²) in [7, 11) is 0. The molecule has 1 aromatic rings. The number of aryl methyl sites for hydroxylation is 1. The largest absolute Gasteiger partial charge is 0.295 e. The van der Waals surface area contributed by atoms with E-state index in [1.165, 1.54) is 75.5 Å². The van der Waals surface area contributed by atoms with Gasteiger partial charge < -0.3 is 0 Å². The molecule has 2 atom stereocenters. The predicted molar refractivity (Wildman–Crippen MR) is 177 cm³/mol. The van der Waals surface area contributed by atoms with Crippen molar-refractivity contribution < 1.29 is 4.79 Å². The van der Waals surface area contributed by atoms with Crippen LogP contribution in [0, 0.1) is 23.2 Å². The molecule has 1 spiro atoms. The van der Waals surface area contributed by atoms with Gasteiger partial charge in [-0.2, -0.15) is 0 Å². The van der Waals surface area contributed by atoms with Crippen LogP contribution in [0.4, 0.5) is 0 Å². The Morgan fingerprint density at radius 1 is 0.902 bits per heavy atom.